The number of hydroxylamine groups is 2. The van der Waals surface area contributed by atoms with Crippen molar-refractivity contribution in [2.24, 2.45) is 0 Å². The lowest BCUT2D eigenvalue weighted by molar-refractivity contribution is -0.164. The molecule has 0 radical (unpaired) electrons. The number of carbonyl (C=O) groups excluding carboxylic acids is 4. The summed E-state index contributed by atoms with van der Waals surface area (Å²) in [6.45, 7) is 8.20. The molecule has 3 aromatic rings. The number of carbonyl (C=O) groups is 4. The first-order valence-electron chi connectivity index (χ1n) is 11.6. The predicted molar refractivity (Wildman–Crippen MR) is 149 cm³/mol. The zero-order chi connectivity index (χ0) is 27.2. The van der Waals surface area contributed by atoms with Crippen LogP contribution >= 0.6 is 23.5 Å². The molecule has 3 aromatic carbocycles. The minimum Gasteiger partial charge on any atom is -0.369 e. The average Bonchev–Trinajstić information content (AvgIpc) is 3.25. The van der Waals surface area contributed by atoms with Gasteiger partial charge in [0.1, 0.15) is 13.6 Å². The molecule has 1 saturated heterocycles. The molecule has 1 aliphatic heterocycles. The second-order valence-corrected chi connectivity index (χ2v) is 10.4. The smallest absolute Gasteiger partial charge is 0.263 e. The van der Waals surface area contributed by atoms with Gasteiger partial charge in [-0.3, -0.25) is 9.59 Å². The summed E-state index contributed by atoms with van der Waals surface area (Å²) in [7, 11) is 0. The molecule has 194 valence electrons. The van der Waals surface area contributed by atoms with Crippen molar-refractivity contribution in [2.75, 3.05) is 11.5 Å². The number of aryl methyl sites for hydroxylation is 2. The van der Waals surface area contributed by atoms with E-state index in [1.165, 1.54) is 26.5 Å². The molecular weight excluding hydrogens is 506 g/mol. The van der Waals surface area contributed by atoms with Gasteiger partial charge in [-0.1, -0.05) is 47.5 Å². The van der Waals surface area contributed by atoms with Crippen LogP contribution in [0.3, 0.4) is 0 Å². The molecule has 4 rings (SSSR count). The van der Waals surface area contributed by atoms with Gasteiger partial charge >= 0.3 is 0 Å². The fraction of sp³-hybridized carbons (Fsp3) is 0.241. The van der Waals surface area contributed by atoms with E-state index < -0.39 is 0 Å². The fourth-order valence-electron chi connectivity index (χ4n) is 3.47. The Labute approximate surface area is 226 Å². The maximum absolute atomic E-state index is 11.8. The minimum absolute atomic E-state index is 0.214. The number of thioether (sulfide) groups is 2. The summed E-state index contributed by atoms with van der Waals surface area (Å²) in [5, 5.41) is 0.882. The van der Waals surface area contributed by atoms with Crippen molar-refractivity contribution >= 4 is 48.9 Å². The van der Waals surface area contributed by atoms with Crippen molar-refractivity contribution in [1.82, 2.24) is 5.06 Å². The van der Waals surface area contributed by atoms with E-state index in [1.807, 2.05) is 61.4 Å². The highest BCUT2D eigenvalue weighted by atomic mass is 32.2. The van der Waals surface area contributed by atoms with Gasteiger partial charge in [0.25, 0.3) is 11.8 Å². The number of benzene rings is 3. The molecule has 2 amide bonds. The number of nitrogens with zero attached hydrogens (tertiary/aromatic N) is 1. The Balaban J connectivity index is 0.00000115. The SMILES string of the molecule is C=O.C=O.Cc1ccc(SCC(CSc2ccc(C)cc2)c2ccc(ON3C(=O)CCC3=O)cc2)cc1. The maximum atomic E-state index is 11.8. The number of rotatable bonds is 9. The molecule has 0 aromatic heterocycles. The maximum Gasteiger partial charge on any atom is 0.263 e. The summed E-state index contributed by atoms with van der Waals surface area (Å²) in [5.74, 6) is 2.15. The third-order valence-electron chi connectivity index (χ3n) is 5.50. The lowest BCUT2D eigenvalue weighted by Crippen LogP contribution is -2.32. The largest absolute Gasteiger partial charge is 0.369 e. The van der Waals surface area contributed by atoms with Crippen LogP contribution in [0.1, 0.15) is 35.4 Å². The van der Waals surface area contributed by atoms with Gasteiger partial charge in [0, 0.05) is 40.1 Å². The molecule has 0 N–H and O–H groups in total. The van der Waals surface area contributed by atoms with Crippen LogP contribution < -0.4 is 4.84 Å². The molecule has 0 aliphatic carbocycles. The lowest BCUT2D eigenvalue weighted by atomic mass is 10.0. The summed E-state index contributed by atoms with van der Waals surface area (Å²) in [5.41, 5.74) is 3.73. The van der Waals surface area contributed by atoms with E-state index in [0.717, 1.165) is 16.6 Å². The lowest BCUT2D eigenvalue weighted by Gasteiger charge is -2.19. The van der Waals surface area contributed by atoms with Crippen LogP contribution in [-0.2, 0) is 19.2 Å². The predicted octanol–water partition coefficient (Wildman–Crippen LogP) is 6.04. The second kappa shape index (κ2) is 15.7. The summed E-state index contributed by atoms with van der Waals surface area (Å²) >= 11 is 3.72. The number of hydrogen-bond donors (Lipinski definition) is 0. The van der Waals surface area contributed by atoms with Crippen LogP contribution in [-0.4, -0.2) is 42.0 Å². The van der Waals surface area contributed by atoms with Crippen molar-refractivity contribution in [3.8, 4) is 5.75 Å². The molecule has 8 heteroatoms. The van der Waals surface area contributed by atoms with Gasteiger partial charge in [-0.2, -0.15) is 0 Å². The molecule has 1 heterocycles. The first kappa shape index (κ1) is 29.9. The summed E-state index contributed by atoms with van der Waals surface area (Å²) in [6.07, 6.45) is 0.427. The summed E-state index contributed by atoms with van der Waals surface area (Å²) in [4.78, 5) is 47.7. The van der Waals surface area contributed by atoms with E-state index in [0.29, 0.717) is 11.7 Å². The zero-order valence-corrected chi connectivity index (χ0v) is 22.7. The molecule has 0 bridgehead atoms. The summed E-state index contributed by atoms with van der Waals surface area (Å²) < 4.78 is 0. The Morgan fingerprint density at radius 1 is 0.703 bits per heavy atom. The van der Waals surface area contributed by atoms with Gasteiger partial charge in [0.05, 0.1) is 0 Å². The Bertz CT molecular complexity index is 1070. The van der Waals surface area contributed by atoms with Crippen LogP contribution in [0.5, 0.6) is 5.75 Å². The van der Waals surface area contributed by atoms with Gasteiger partial charge < -0.3 is 14.4 Å². The van der Waals surface area contributed by atoms with Crippen molar-refractivity contribution in [3.05, 3.63) is 89.5 Å². The Kier molecular flexibility index (Phi) is 12.7. The van der Waals surface area contributed by atoms with Gasteiger partial charge in [0.2, 0.25) is 0 Å². The first-order chi connectivity index (χ1) is 18.0. The van der Waals surface area contributed by atoms with Crippen molar-refractivity contribution in [1.29, 1.82) is 0 Å². The van der Waals surface area contributed by atoms with Crippen molar-refractivity contribution < 1.29 is 24.0 Å². The average molecular weight is 538 g/mol. The Morgan fingerprint density at radius 3 is 1.51 bits per heavy atom. The third kappa shape index (κ3) is 9.22. The first-order valence-corrected chi connectivity index (χ1v) is 13.6. The van der Waals surface area contributed by atoms with E-state index in [4.69, 9.17) is 14.4 Å². The highest BCUT2D eigenvalue weighted by Crippen LogP contribution is 2.33. The monoisotopic (exact) mass is 537 g/mol. The van der Waals surface area contributed by atoms with Gasteiger partial charge in [-0.25, -0.2) is 0 Å². The fourth-order valence-corrected chi connectivity index (χ4v) is 5.68. The van der Waals surface area contributed by atoms with Crippen LogP contribution in [0.25, 0.3) is 0 Å². The molecule has 0 atom stereocenters. The van der Waals surface area contributed by atoms with Crippen LogP contribution in [0.2, 0.25) is 0 Å². The topological polar surface area (TPSA) is 80.8 Å². The molecule has 0 unspecified atom stereocenters. The molecule has 6 nitrogen and oxygen atoms in total. The normalized spacial score (nSPS) is 12.5. The Hall–Kier alpha value is -3.36. The van der Waals surface area contributed by atoms with Crippen LogP contribution in [0.4, 0.5) is 0 Å². The molecule has 0 saturated carbocycles. The van der Waals surface area contributed by atoms with Crippen molar-refractivity contribution in [2.45, 2.75) is 42.4 Å². The van der Waals surface area contributed by atoms with E-state index in [1.54, 1.807) is 0 Å². The van der Waals surface area contributed by atoms with Gasteiger partial charge in [0.15, 0.2) is 5.75 Å². The third-order valence-corrected chi connectivity index (χ3v) is 7.85. The van der Waals surface area contributed by atoms with E-state index >= 15 is 0 Å². The number of hydrogen-bond acceptors (Lipinski definition) is 7. The van der Waals surface area contributed by atoms with E-state index in [9.17, 15) is 9.59 Å². The van der Waals surface area contributed by atoms with Crippen LogP contribution in [0, 0.1) is 13.8 Å². The molecule has 0 spiro atoms. The Morgan fingerprint density at radius 2 is 1.11 bits per heavy atom. The minimum atomic E-state index is -0.286. The molecule has 37 heavy (non-hydrogen) atoms. The quantitative estimate of drug-likeness (QED) is 0.243. The molecule has 1 fully saturated rings. The van der Waals surface area contributed by atoms with Gasteiger partial charge in [-0.05, 0) is 55.8 Å². The van der Waals surface area contributed by atoms with Crippen molar-refractivity contribution in [3.63, 3.8) is 0 Å². The van der Waals surface area contributed by atoms with E-state index in [-0.39, 0.29) is 24.7 Å². The zero-order valence-electron chi connectivity index (χ0n) is 21.1. The van der Waals surface area contributed by atoms with Gasteiger partial charge in [-0.15, -0.1) is 28.6 Å². The molecule has 1 aliphatic rings. The second-order valence-electron chi connectivity index (χ2n) is 8.19. The number of imide groups is 1. The standard InChI is InChI=1S/C27H27NO3S2.2CH2O/c1-19-3-11-24(12-4-19)32-17-22(18-33-25-13-5-20(2)6-14-25)21-7-9-23(10-8-21)31-28-26(29)15-16-27(28)30;2*1-2/h3-14,22H,15-18H2,1-2H3;2*1H2. The highest BCUT2D eigenvalue weighted by Gasteiger charge is 2.31. The summed E-state index contributed by atoms with van der Waals surface area (Å²) in [6, 6.07) is 25.0. The van der Waals surface area contributed by atoms with E-state index in [2.05, 4.69) is 62.4 Å². The molecular formula is C29H31NO5S2. The van der Waals surface area contributed by atoms with Crippen LogP contribution in [0.15, 0.2) is 82.6 Å². The number of amides is 2. The highest BCUT2D eigenvalue weighted by molar-refractivity contribution is 8.00.